The van der Waals surface area contributed by atoms with E-state index in [1.54, 1.807) is 6.07 Å². The van der Waals surface area contributed by atoms with Crippen molar-refractivity contribution in [2.24, 2.45) is 0 Å². The van der Waals surface area contributed by atoms with Crippen molar-refractivity contribution in [3.63, 3.8) is 0 Å². The van der Waals surface area contributed by atoms with Crippen molar-refractivity contribution in [2.45, 2.75) is 6.04 Å². The summed E-state index contributed by atoms with van der Waals surface area (Å²) in [5, 5.41) is 13.0. The molecule has 1 atom stereocenters. The first kappa shape index (κ1) is 12.9. The molecule has 4 heteroatoms. The van der Waals surface area contributed by atoms with Crippen LogP contribution in [0.2, 0.25) is 5.02 Å². The van der Waals surface area contributed by atoms with Crippen LogP contribution in [-0.4, -0.2) is 0 Å². The van der Waals surface area contributed by atoms with Crippen LogP contribution >= 0.6 is 27.5 Å². The average molecular weight is 322 g/mol. The molecule has 0 radical (unpaired) electrons. The van der Waals surface area contributed by atoms with Gasteiger partial charge in [0.1, 0.15) is 6.04 Å². The molecule has 0 saturated carbocycles. The van der Waals surface area contributed by atoms with Crippen LogP contribution in [0.3, 0.4) is 0 Å². The normalized spacial score (nSPS) is 11.6. The van der Waals surface area contributed by atoms with Gasteiger partial charge in [0.25, 0.3) is 0 Å². The van der Waals surface area contributed by atoms with Gasteiger partial charge in [-0.05, 0) is 34.1 Å². The summed E-state index contributed by atoms with van der Waals surface area (Å²) in [6.07, 6.45) is 0. The Labute approximate surface area is 119 Å². The van der Waals surface area contributed by atoms with Gasteiger partial charge in [-0.3, -0.25) is 0 Å². The molecule has 0 heterocycles. The fraction of sp³-hybridized carbons (Fsp3) is 0.0714. The number of rotatable bonds is 3. The van der Waals surface area contributed by atoms with Gasteiger partial charge >= 0.3 is 0 Å². The van der Waals surface area contributed by atoms with Crippen molar-refractivity contribution in [3.8, 4) is 6.07 Å². The molecular weight excluding hydrogens is 312 g/mol. The topological polar surface area (TPSA) is 35.8 Å². The molecule has 0 amide bonds. The van der Waals surface area contributed by atoms with E-state index in [9.17, 15) is 5.26 Å². The van der Waals surface area contributed by atoms with Crippen molar-refractivity contribution in [1.82, 2.24) is 0 Å². The second-order valence-electron chi connectivity index (χ2n) is 3.71. The van der Waals surface area contributed by atoms with E-state index >= 15 is 0 Å². The van der Waals surface area contributed by atoms with Crippen LogP contribution in [0, 0.1) is 11.3 Å². The summed E-state index contributed by atoms with van der Waals surface area (Å²) >= 11 is 9.54. The zero-order valence-electron chi connectivity index (χ0n) is 9.40. The van der Waals surface area contributed by atoms with Crippen LogP contribution in [0.25, 0.3) is 0 Å². The molecule has 0 aliphatic rings. The SMILES string of the molecule is N#CC(Nc1ccccc1Br)c1ccccc1Cl. The molecule has 0 aromatic heterocycles. The van der Waals surface area contributed by atoms with Crippen LogP contribution in [0.15, 0.2) is 53.0 Å². The van der Waals surface area contributed by atoms with E-state index in [0.717, 1.165) is 15.7 Å². The van der Waals surface area contributed by atoms with Crippen LogP contribution < -0.4 is 5.32 Å². The average Bonchev–Trinajstić information content (AvgIpc) is 2.39. The van der Waals surface area contributed by atoms with E-state index in [0.29, 0.717) is 5.02 Å². The Morgan fingerprint density at radius 1 is 1.11 bits per heavy atom. The van der Waals surface area contributed by atoms with Crippen molar-refractivity contribution in [2.75, 3.05) is 5.32 Å². The molecule has 0 aliphatic heterocycles. The Hall–Kier alpha value is -1.50. The van der Waals surface area contributed by atoms with E-state index < -0.39 is 6.04 Å². The fourth-order valence-corrected chi connectivity index (χ4v) is 2.27. The summed E-state index contributed by atoms with van der Waals surface area (Å²) in [5.41, 5.74) is 1.64. The van der Waals surface area contributed by atoms with E-state index in [2.05, 4.69) is 27.3 Å². The van der Waals surface area contributed by atoms with Crippen LogP contribution in [0.4, 0.5) is 5.69 Å². The van der Waals surface area contributed by atoms with Gasteiger partial charge in [-0.15, -0.1) is 0 Å². The minimum absolute atomic E-state index is 0.475. The van der Waals surface area contributed by atoms with Gasteiger partial charge in [-0.2, -0.15) is 5.26 Å². The number of nitrogens with zero attached hydrogens (tertiary/aromatic N) is 1. The highest BCUT2D eigenvalue weighted by Gasteiger charge is 2.14. The van der Waals surface area contributed by atoms with Crippen molar-refractivity contribution < 1.29 is 0 Å². The molecule has 0 fully saturated rings. The largest absolute Gasteiger partial charge is 0.365 e. The van der Waals surface area contributed by atoms with Gasteiger partial charge in [-0.25, -0.2) is 0 Å². The Kier molecular flexibility index (Phi) is 4.24. The maximum Gasteiger partial charge on any atom is 0.141 e. The zero-order chi connectivity index (χ0) is 13.0. The van der Waals surface area contributed by atoms with E-state index in [4.69, 9.17) is 11.6 Å². The zero-order valence-corrected chi connectivity index (χ0v) is 11.7. The summed E-state index contributed by atoms with van der Waals surface area (Å²) in [6.45, 7) is 0. The molecule has 2 aromatic carbocycles. The molecule has 2 nitrogen and oxygen atoms in total. The number of anilines is 1. The summed E-state index contributed by atoms with van der Waals surface area (Å²) < 4.78 is 0.914. The van der Waals surface area contributed by atoms with Gasteiger partial charge in [0.2, 0.25) is 0 Å². The van der Waals surface area contributed by atoms with Gasteiger partial charge in [0.15, 0.2) is 0 Å². The highest BCUT2D eigenvalue weighted by Crippen LogP contribution is 2.29. The maximum atomic E-state index is 9.27. The number of halogens is 2. The quantitative estimate of drug-likeness (QED) is 0.883. The van der Waals surface area contributed by atoms with Crippen molar-refractivity contribution in [3.05, 3.63) is 63.6 Å². The van der Waals surface area contributed by atoms with Crippen molar-refractivity contribution in [1.29, 1.82) is 5.26 Å². The Balaban J connectivity index is 2.30. The monoisotopic (exact) mass is 320 g/mol. The highest BCUT2D eigenvalue weighted by molar-refractivity contribution is 9.10. The number of para-hydroxylation sites is 1. The maximum absolute atomic E-state index is 9.27. The molecule has 2 rings (SSSR count). The molecule has 1 unspecified atom stereocenters. The molecule has 18 heavy (non-hydrogen) atoms. The highest BCUT2D eigenvalue weighted by atomic mass is 79.9. The lowest BCUT2D eigenvalue weighted by Crippen LogP contribution is -2.09. The molecule has 90 valence electrons. The van der Waals surface area contributed by atoms with Crippen LogP contribution in [0.1, 0.15) is 11.6 Å². The smallest absolute Gasteiger partial charge is 0.141 e. The van der Waals surface area contributed by atoms with Gasteiger partial charge in [0.05, 0.1) is 6.07 Å². The molecule has 0 aliphatic carbocycles. The first-order chi connectivity index (χ1) is 8.72. The first-order valence-corrected chi connectivity index (χ1v) is 6.54. The van der Waals surface area contributed by atoms with Crippen molar-refractivity contribution >= 4 is 33.2 Å². The lowest BCUT2D eigenvalue weighted by Gasteiger charge is -2.15. The lowest BCUT2D eigenvalue weighted by molar-refractivity contribution is 0.996. The predicted octanol–water partition coefficient (Wildman–Crippen LogP) is 4.78. The third-order valence-corrected chi connectivity index (χ3v) is 3.55. The van der Waals surface area contributed by atoms with Crippen LogP contribution in [0.5, 0.6) is 0 Å². The predicted molar refractivity (Wildman–Crippen MR) is 77.6 cm³/mol. The molecular formula is C14H10BrClN2. The third kappa shape index (κ3) is 2.84. The van der Waals surface area contributed by atoms with E-state index in [1.165, 1.54) is 0 Å². The molecule has 0 saturated heterocycles. The minimum Gasteiger partial charge on any atom is -0.365 e. The summed E-state index contributed by atoms with van der Waals surface area (Å²) in [7, 11) is 0. The standard InChI is InChI=1S/C14H10BrClN2/c15-11-6-2-4-8-13(11)18-14(9-17)10-5-1-3-7-12(10)16/h1-8,14,18H. The van der Waals surface area contributed by atoms with Gasteiger partial charge < -0.3 is 5.32 Å². The summed E-state index contributed by atoms with van der Waals surface area (Å²) in [6, 6.07) is 16.7. The number of hydrogen-bond acceptors (Lipinski definition) is 2. The Morgan fingerprint density at radius 2 is 1.78 bits per heavy atom. The third-order valence-electron chi connectivity index (χ3n) is 2.52. The number of hydrogen-bond donors (Lipinski definition) is 1. The molecule has 0 bridgehead atoms. The summed E-state index contributed by atoms with van der Waals surface area (Å²) in [4.78, 5) is 0. The van der Waals surface area contributed by atoms with E-state index in [1.807, 2.05) is 42.5 Å². The lowest BCUT2D eigenvalue weighted by atomic mass is 10.1. The number of nitriles is 1. The van der Waals surface area contributed by atoms with Gasteiger partial charge in [-0.1, -0.05) is 41.9 Å². The van der Waals surface area contributed by atoms with Crippen LogP contribution in [-0.2, 0) is 0 Å². The molecule has 2 aromatic rings. The molecule has 0 spiro atoms. The minimum atomic E-state index is -0.475. The van der Waals surface area contributed by atoms with E-state index in [-0.39, 0.29) is 0 Å². The second kappa shape index (κ2) is 5.90. The number of benzene rings is 2. The fourth-order valence-electron chi connectivity index (χ4n) is 1.62. The number of nitrogens with one attached hydrogen (secondary N) is 1. The van der Waals surface area contributed by atoms with Gasteiger partial charge in [0, 0.05) is 20.7 Å². The molecule has 1 N–H and O–H groups in total. The first-order valence-electron chi connectivity index (χ1n) is 5.37. The second-order valence-corrected chi connectivity index (χ2v) is 4.97. The summed E-state index contributed by atoms with van der Waals surface area (Å²) in [5.74, 6) is 0. The Bertz CT molecular complexity index is 592. The Morgan fingerprint density at radius 3 is 2.44 bits per heavy atom.